The summed E-state index contributed by atoms with van der Waals surface area (Å²) < 4.78 is 4.90. The Morgan fingerprint density at radius 3 is 2.46 bits per heavy atom. The smallest absolute Gasteiger partial charge is 0.0839 e. The molecule has 2 unspecified atom stereocenters. The summed E-state index contributed by atoms with van der Waals surface area (Å²) in [5.74, 6) is 0.126. The van der Waals surface area contributed by atoms with Gasteiger partial charge in [0.15, 0.2) is 0 Å². The Kier molecular flexibility index (Phi) is 3.93. The van der Waals surface area contributed by atoms with Gasteiger partial charge in [0, 0.05) is 13.0 Å². The molecular formula is C11H16O2. The second-order valence-electron chi connectivity index (χ2n) is 3.22. The maximum absolute atomic E-state index is 9.65. The monoisotopic (exact) mass is 180 g/mol. The van der Waals surface area contributed by atoms with Crippen LogP contribution in [0.5, 0.6) is 0 Å². The molecule has 0 aromatic heterocycles. The minimum atomic E-state index is -0.424. The van der Waals surface area contributed by atoms with Crippen molar-refractivity contribution in [3.63, 3.8) is 0 Å². The third-order valence-electron chi connectivity index (χ3n) is 2.24. The van der Waals surface area contributed by atoms with Gasteiger partial charge in [-0.1, -0.05) is 37.3 Å². The van der Waals surface area contributed by atoms with Crippen LogP contribution in [0, 0.1) is 0 Å². The fourth-order valence-electron chi connectivity index (χ4n) is 1.29. The van der Waals surface area contributed by atoms with Crippen LogP contribution in [0.4, 0.5) is 0 Å². The van der Waals surface area contributed by atoms with Crippen LogP contribution >= 0.6 is 0 Å². The van der Waals surface area contributed by atoms with Gasteiger partial charge in [0.05, 0.1) is 12.7 Å². The first-order valence-electron chi connectivity index (χ1n) is 4.47. The van der Waals surface area contributed by atoms with Crippen LogP contribution in [-0.2, 0) is 4.74 Å². The van der Waals surface area contributed by atoms with Gasteiger partial charge >= 0.3 is 0 Å². The molecule has 2 atom stereocenters. The normalized spacial score (nSPS) is 15.3. The topological polar surface area (TPSA) is 29.5 Å². The van der Waals surface area contributed by atoms with Crippen molar-refractivity contribution in [2.45, 2.75) is 18.9 Å². The minimum absolute atomic E-state index is 0.126. The molecule has 1 aromatic carbocycles. The molecule has 0 saturated carbocycles. The van der Waals surface area contributed by atoms with Crippen LogP contribution < -0.4 is 0 Å². The van der Waals surface area contributed by atoms with E-state index in [0.29, 0.717) is 6.61 Å². The molecule has 0 aliphatic rings. The van der Waals surface area contributed by atoms with Crippen molar-refractivity contribution in [1.82, 2.24) is 0 Å². The maximum atomic E-state index is 9.65. The quantitative estimate of drug-likeness (QED) is 0.765. The summed E-state index contributed by atoms with van der Waals surface area (Å²) in [4.78, 5) is 0. The molecular weight excluding hydrogens is 164 g/mol. The SMILES string of the molecule is COCC(O)C(C)c1ccccc1. The first-order valence-corrected chi connectivity index (χ1v) is 4.47. The average Bonchev–Trinajstić information content (AvgIpc) is 2.18. The molecule has 1 aromatic rings. The van der Waals surface area contributed by atoms with Crippen LogP contribution in [-0.4, -0.2) is 24.9 Å². The van der Waals surface area contributed by atoms with Crippen LogP contribution in [0.25, 0.3) is 0 Å². The molecule has 2 heteroatoms. The molecule has 0 fully saturated rings. The Hall–Kier alpha value is -0.860. The van der Waals surface area contributed by atoms with Crippen LogP contribution in [0.2, 0.25) is 0 Å². The molecule has 0 spiro atoms. The van der Waals surface area contributed by atoms with E-state index in [1.807, 2.05) is 37.3 Å². The number of ether oxygens (including phenoxy) is 1. The number of hydrogen-bond acceptors (Lipinski definition) is 2. The number of rotatable bonds is 4. The van der Waals surface area contributed by atoms with Crippen LogP contribution in [0.3, 0.4) is 0 Å². The number of aliphatic hydroxyl groups is 1. The summed E-state index contributed by atoms with van der Waals surface area (Å²) in [7, 11) is 1.60. The van der Waals surface area contributed by atoms with E-state index in [0.717, 1.165) is 5.56 Å². The van der Waals surface area contributed by atoms with Crippen molar-refractivity contribution in [3.8, 4) is 0 Å². The Morgan fingerprint density at radius 1 is 1.31 bits per heavy atom. The van der Waals surface area contributed by atoms with Gasteiger partial charge in [0.2, 0.25) is 0 Å². The summed E-state index contributed by atoms with van der Waals surface area (Å²) in [5.41, 5.74) is 1.15. The predicted molar refractivity (Wildman–Crippen MR) is 52.7 cm³/mol. The molecule has 0 radical (unpaired) electrons. The van der Waals surface area contributed by atoms with Gasteiger partial charge in [0.25, 0.3) is 0 Å². The lowest BCUT2D eigenvalue weighted by molar-refractivity contribution is 0.0502. The summed E-state index contributed by atoms with van der Waals surface area (Å²) in [5, 5.41) is 9.65. The van der Waals surface area contributed by atoms with Gasteiger partial charge in [-0.15, -0.1) is 0 Å². The van der Waals surface area contributed by atoms with Crippen LogP contribution in [0.15, 0.2) is 30.3 Å². The highest BCUT2D eigenvalue weighted by Gasteiger charge is 2.14. The largest absolute Gasteiger partial charge is 0.390 e. The van der Waals surface area contributed by atoms with Crippen molar-refractivity contribution in [2.75, 3.05) is 13.7 Å². The summed E-state index contributed by atoms with van der Waals surface area (Å²) >= 11 is 0. The Bertz CT molecular complexity index is 233. The first kappa shape index (κ1) is 10.2. The molecule has 0 amide bonds. The number of hydrogen-bond donors (Lipinski definition) is 1. The fourth-order valence-corrected chi connectivity index (χ4v) is 1.29. The fraction of sp³-hybridized carbons (Fsp3) is 0.455. The highest BCUT2D eigenvalue weighted by molar-refractivity contribution is 5.19. The lowest BCUT2D eigenvalue weighted by Gasteiger charge is -2.18. The van der Waals surface area contributed by atoms with E-state index in [4.69, 9.17) is 4.74 Å². The van der Waals surface area contributed by atoms with E-state index in [1.54, 1.807) is 7.11 Å². The Labute approximate surface area is 79.2 Å². The van der Waals surface area contributed by atoms with Gasteiger partial charge in [-0.3, -0.25) is 0 Å². The summed E-state index contributed by atoms with van der Waals surface area (Å²) in [6, 6.07) is 9.96. The van der Waals surface area contributed by atoms with Crippen LogP contribution in [0.1, 0.15) is 18.4 Å². The van der Waals surface area contributed by atoms with Crippen molar-refractivity contribution in [1.29, 1.82) is 0 Å². The number of benzene rings is 1. The standard InChI is InChI=1S/C11H16O2/c1-9(11(12)8-13-2)10-6-4-3-5-7-10/h3-7,9,11-12H,8H2,1-2H3. The highest BCUT2D eigenvalue weighted by atomic mass is 16.5. The Morgan fingerprint density at radius 2 is 1.92 bits per heavy atom. The Balaban J connectivity index is 2.62. The van der Waals surface area contributed by atoms with Gasteiger partial charge in [-0.25, -0.2) is 0 Å². The zero-order valence-electron chi connectivity index (χ0n) is 8.10. The van der Waals surface area contributed by atoms with Gasteiger partial charge in [0.1, 0.15) is 0 Å². The average molecular weight is 180 g/mol. The van der Waals surface area contributed by atoms with E-state index >= 15 is 0 Å². The van der Waals surface area contributed by atoms with Crippen molar-refractivity contribution >= 4 is 0 Å². The minimum Gasteiger partial charge on any atom is -0.390 e. The molecule has 0 saturated heterocycles. The molecule has 0 bridgehead atoms. The zero-order chi connectivity index (χ0) is 9.68. The zero-order valence-corrected chi connectivity index (χ0v) is 8.10. The maximum Gasteiger partial charge on any atom is 0.0839 e. The van der Waals surface area contributed by atoms with Gasteiger partial charge < -0.3 is 9.84 Å². The van der Waals surface area contributed by atoms with Gasteiger partial charge in [-0.05, 0) is 5.56 Å². The molecule has 2 nitrogen and oxygen atoms in total. The third-order valence-corrected chi connectivity index (χ3v) is 2.24. The van der Waals surface area contributed by atoms with Crippen molar-refractivity contribution in [2.24, 2.45) is 0 Å². The second kappa shape index (κ2) is 5.00. The summed E-state index contributed by atoms with van der Waals surface area (Å²) in [6.07, 6.45) is -0.424. The second-order valence-corrected chi connectivity index (χ2v) is 3.22. The first-order chi connectivity index (χ1) is 6.25. The lowest BCUT2D eigenvalue weighted by Crippen LogP contribution is -2.21. The van der Waals surface area contributed by atoms with Crippen molar-refractivity contribution in [3.05, 3.63) is 35.9 Å². The molecule has 13 heavy (non-hydrogen) atoms. The molecule has 0 heterocycles. The molecule has 1 N–H and O–H groups in total. The molecule has 72 valence electrons. The summed E-state index contributed by atoms with van der Waals surface area (Å²) in [6.45, 7) is 2.38. The molecule has 1 rings (SSSR count). The van der Waals surface area contributed by atoms with E-state index in [1.165, 1.54) is 0 Å². The van der Waals surface area contributed by atoms with E-state index < -0.39 is 6.10 Å². The number of methoxy groups -OCH3 is 1. The van der Waals surface area contributed by atoms with E-state index in [-0.39, 0.29) is 5.92 Å². The lowest BCUT2D eigenvalue weighted by atomic mass is 9.96. The van der Waals surface area contributed by atoms with E-state index in [2.05, 4.69) is 0 Å². The predicted octanol–water partition coefficient (Wildman–Crippen LogP) is 1.80. The third kappa shape index (κ3) is 2.83. The molecule has 0 aliphatic heterocycles. The van der Waals surface area contributed by atoms with Crippen molar-refractivity contribution < 1.29 is 9.84 Å². The number of aliphatic hydroxyl groups excluding tert-OH is 1. The molecule has 0 aliphatic carbocycles. The van der Waals surface area contributed by atoms with E-state index in [9.17, 15) is 5.11 Å². The van der Waals surface area contributed by atoms with Gasteiger partial charge in [-0.2, -0.15) is 0 Å². The highest BCUT2D eigenvalue weighted by Crippen LogP contribution is 2.18.